The van der Waals surface area contributed by atoms with Crippen LogP contribution in [0.1, 0.15) is 75.2 Å². The molecule has 0 rings (SSSR count). The second-order valence-electron chi connectivity index (χ2n) is 8.53. The van der Waals surface area contributed by atoms with Crippen molar-refractivity contribution in [3.63, 3.8) is 0 Å². The molecule has 0 saturated heterocycles. The second-order valence-corrected chi connectivity index (χ2v) is 8.53. The zero-order chi connectivity index (χ0) is 20.7. The SMILES string of the molecule is CC(C)=CCCC(C)N(C(=N)NC(=O)OC(C)(C)C)C(=O)OC(C)(C)C. The Labute approximate surface area is 157 Å². The maximum absolute atomic E-state index is 12.6. The van der Waals surface area contributed by atoms with Crippen LogP contribution in [0.3, 0.4) is 0 Å². The summed E-state index contributed by atoms with van der Waals surface area (Å²) in [7, 11) is 0. The van der Waals surface area contributed by atoms with E-state index in [2.05, 4.69) is 11.4 Å². The summed E-state index contributed by atoms with van der Waals surface area (Å²) in [5, 5.41) is 10.5. The van der Waals surface area contributed by atoms with E-state index in [-0.39, 0.29) is 12.0 Å². The van der Waals surface area contributed by atoms with Gasteiger partial charge < -0.3 is 9.47 Å². The van der Waals surface area contributed by atoms with Crippen LogP contribution < -0.4 is 5.32 Å². The number of carbonyl (C=O) groups excluding carboxylic acids is 2. The van der Waals surface area contributed by atoms with E-state index < -0.39 is 23.4 Å². The smallest absolute Gasteiger partial charge is 0.417 e. The minimum absolute atomic E-state index is 0.331. The van der Waals surface area contributed by atoms with Crippen molar-refractivity contribution >= 4 is 18.1 Å². The van der Waals surface area contributed by atoms with Crippen LogP contribution in [0.25, 0.3) is 0 Å². The number of guanidine groups is 1. The van der Waals surface area contributed by atoms with Gasteiger partial charge in [-0.25, -0.2) is 14.5 Å². The molecule has 0 radical (unpaired) electrons. The van der Waals surface area contributed by atoms with E-state index in [1.165, 1.54) is 5.57 Å². The molecule has 0 aliphatic carbocycles. The molecule has 1 atom stereocenters. The van der Waals surface area contributed by atoms with Gasteiger partial charge in [0.2, 0.25) is 5.96 Å². The number of ether oxygens (including phenoxy) is 2. The Balaban J connectivity index is 5.23. The zero-order valence-electron chi connectivity index (χ0n) is 17.6. The Kier molecular flexibility index (Phi) is 8.84. The molecule has 0 bridgehead atoms. The van der Waals surface area contributed by atoms with Gasteiger partial charge in [0, 0.05) is 6.04 Å². The molecule has 0 aromatic carbocycles. The quantitative estimate of drug-likeness (QED) is 0.422. The van der Waals surface area contributed by atoms with Crippen LogP contribution in [0.2, 0.25) is 0 Å². The van der Waals surface area contributed by atoms with Crippen LogP contribution in [0.15, 0.2) is 11.6 Å². The number of hydrogen-bond donors (Lipinski definition) is 2. The van der Waals surface area contributed by atoms with E-state index in [1.54, 1.807) is 41.5 Å². The lowest BCUT2D eigenvalue weighted by Gasteiger charge is -2.32. The maximum atomic E-state index is 12.6. The van der Waals surface area contributed by atoms with Crippen LogP contribution in [-0.4, -0.2) is 40.3 Å². The lowest BCUT2D eigenvalue weighted by Crippen LogP contribution is -2.52. The number of amides is 2. The van der Waals surface area contributed by atoms with Crippen LogP contribution in [-0.2, 0) is 9.47 Å². The topological polar surface area (TPSA) is 91.7 Å². The molecule has 0 aromatic rings. The molecule has 0 saturated carbocycles. The standard InChI is InChI=1S/C19H35N3O4/c1-13(2)11-10-12-14(3)22(17(24)26-19(7,8)9)15(20)21-16(23)25-18(4,5)6/h11,14H,10,12H2,1-9H3,(H2,20,21,23). The van der Waals surface area contributed by atoms with Gasteiger partial charge in [-0.1, -0.05) is 11.6 Å². The van der Waals surface area contributed by atoms with E-state index in [4.69, 9.17) is 14.9 Å². The van der Waals surface area contributed by atoms with Gasteiger partial charge in [0.15, 0.2) is 0 Å². The van der Waals surface area contributed by atoms with E-state index in [0.29, 0.717) is 6.42 Å². The summed E-state index contributed by atoms with van der Waals surface area (Å²) in [6, 6.07) is -0.331. The van der Waals surface area contributed by atoms with Crippen molar-refractivity contribution < 1.29 is 19.1 Å². The number of hydrogen-bond acceptors (Lipinski definition) is 5. The van der Waals surface area contributed by atoms with Gasteiger partial charge in [-0.05, 0) is 75.2 Å². The Bertz CT molecular complexity index is 538. The summed E-state index contributed by atoms with van der Waals surface area (Å²) in [4.78, 5) is 25.7. The van der Waals surface area contributed by atoms with Crippen molar-refractivity contribution in [1.29, 1.82) is 5.41 Å². The Morgan fingerprint density at radius 2 is 1.58 bits per heavy atom. The highest BCUT2D eigenvalue weighted by Crippen LogP contribution is 2.15. The highest BCUT2D eigenvalue weighted by atomic mass is 16.6. The summed E-state index contributed by atoms with van der Waals surface area (Å²) >= 11 is 0. The van der Waals surface area contributed by atoms with Crippen molar-refractivity contribution in [3.05, 3.63) is 11.6 Å². The molecule has 7 heteroatoms. The van der Waals surface area contributed by atoms with Gasteiger partial charge in [0.25, 0.3) is 0 Å². The fourth-order valence-corrected chi connectivity index (χ4v) is 2.01. The fraction of sp³-hybridized carbons (Fsp3) is 0.737. The Morgan fingerprint density at radius 3 is 2.00 bits per heavy atom. The molecule has 1 unspecified atom stereocenters. The van der Waals surface area contributed by atoms with Gasteiger partial charge in [0.1, 0.15) is 11.2 Å². The maximum Gasteiger partial charge on any atom is 0.417 e. The van der Waals surface area contributed by atoms with Crippen LogP contribution in [0, 0.1) is 5.41 Å². The van der Waals surface area contributed by atoms with E-state index in [1.807, 2.05) is 20.8 Å². The van der Waals surface area contributed by atoms with Gasteiger partial charge in [-0.3, -0.25) is 10.7 Å². The highest BCUT2D eigenvalue weighted by Gasteiger charge is 2.30. The van der Waals surface area contributed by atoms with Gasteiger partial charge in [-0.15, -0.1) is 0 Å². The van der Waals surface area contributed by atoms with Crippen molar-refractivity contribution in [2.75, 3.05) is 0 Å². The molecule has 26 heavy (non-hydrogen) atoms. The molecule has 150 valence electrons. The van der Waals surface area contributed by atoms with Gasteiger partial charge >= 0.3 is 12.2 Å². The molecule has 2 amide bonds. The number of carbonyl (C=O) groups is 2. The predicted molar refractivity (Wildman–Crippen MR) is 103 cm³/mol. The largest absolute Gasteiger partial charge is 0.444 e. The van der Waals surface area contributed by atoms with Crippen LogP contribution >= 0.6 is 0 Å². The predicted octanol–water partition coefficient (Wildman–Crippen LogP) is 4.82. The first-order valence-corrected chi connectivity index (χ1v) is 8.86. The first-order valence-electron chi connectivity index (χ1n) is 8.86. The van der Waals surface area contributed by atoms with Gasteiger partial charge in [0.05, 0.1) is 0 Å². The summed E-state index contributed by atoms with van der Waals surface area (Å²) in [6.07, 6.45) is 1.98. The highest BCUT2D eigenvalue weighted by molar-refractivity contribution is 6.00. The van der Waals surface area contributed by atoms with E-state index >= 15 is 0 Å². The van der Waals surface area contributed by atoms with Crippen molar-refractivity contribution in [1.82, 2.24) is 10.2 Å². The average molecular weight is 370 g/mol. The second kappa shape index (κ2) is 9.59. The third-order valence-corrected chi connectivity index (χ3v) is 3.03. The molecular formula is C19H35N3O4. The molecule has 0 fully saturated rings. The number of allylic oxidation sites excluding steroid dienone is 2. The lowest BCUT2D eigenvalue weighted by molar-refractivity contribution is 0.0304. The molecule has 2 N–H and O–H groups in total. The van der Waals surface area contributed by atoms with Crippen LogP contribution in [0.4, 0.5) is 9.59 Å². The summed E-state index contributed by atoms with van der Waals surface area (Å²) in [6.45, 7) is 16.3. The molecule has 0 aromatic heterocycles. The number of rotatable bonds is 4. The molecule has 0 heterocycles. The first kappa shape index (κ1) is 23.9. The molecule has 0 spiro atoms. The molecule has 7 nitrogen and oxygen atoms in total. The minimum atomic E-state index is -0.785. The fourth-order valence-electron chi connectivity index (χ4n) is 2.01. The average Bonchev–Trinajstić information content (AvgIpc) is 2.32. The first-order chi connectivity index (χ1) is 11.6. The summed E-state index contributed by atoms with van der Waals surface area (Å²) in [5.74, 6) is -0.363. The summed E-state index contributed by atoms with van der Waals surface area (Å²) in [5.41, 5.74) is -0.222. The normalized spacial score (nSPS) is 12.7. The molecular weight excluding hydrogens is 334 g/mol. The van der Waals surface area contributed by atoms with E-state index in [9.17, 15) is 9.59 Å². The number of alkyl carbamates (subject to hydrolysis) is 1. The van der Waals surface area contributed by atoms with E-state index in [0.717, 1.165) is 11.3 Å². The molecule has 0 aliphatic rings. The third-order valence-electron chi connectivity index (χ3n) is 3.03. The lowest BCUT2D eigenvalue weighted by atomic mass is 10.1. The Hall–Kier alpha value is -2.05. The van der Waals surface area contributed by atoms with Crippen molar-refractivity contribution in [2.24, 2.45) is 0 Å². The number of nitrogens with one attached hydrogen (secondary N) is 2. The van der Waals surface area contributed by atoms with Crippen LogP contribution in [0.5, 0.6) is 0 Å². The zero-order valence-corrected chi connectivity index (χ0v) is 17.6. The Morgan fingerprint density at radius 1 is 1.08 bits per heavy atom. The molecule has 0 aliphatic heterocycles. The van der Waals surface area contributed by atoms with Gasteiger partial charge in [-0.2, -0.15) is 0 Å². The summed E-state index contributed by atoms with van der Waals surface area (Å²) < 4.78 is 10.5. The minimum Gasteiger partial charge on any atom is -0.444 e. The monoisotopic (exact) mass is 369 g/mol. The number of nitrogens with zero attached hydrogens (tertiary/aromatic N) is 1. The third kappa shape index (κ3) is 10.7. The van der Waals surface area contributed by atoms with Crippen molar-refractivity contribution in [2.45, 2.75) is 92.4 Å². The van der Waals surface area contributed by atoms with Crippen molar-refractivity contribution in [3.8, 4) is 0 Å².